The van der Waals surface area contributed by atoms with Gasteiger partial charge in [0.25, 0.3) is 11.6 Å². The van der Waals surface area contributed by atoms with Crippen LogP contribution in [0, 0.1) is 10.1 Å². The fourth-order valence-corrected chi connectivity index (χ4v) is 2.36. The van der Waals surface area contributed by atoms with Crippen molar-refractivity contribution in [1.82, 2.24) is 0 Å². The number of hydrogen-bond acceptors (Lipinski definition) is 6. The molecule has 9 heteroatoms. The van der Waals surface area contributed by atoms with E-state index in [-0.39, 0.29) is 11.4 Å². The molecule has 0 atom stereocenters. The first kappa shape index (κ1) is 17.4. The maximum Gasteiger partial charge on any atom is 0.374 e. The van der Waals surface area contributed by atoms with E-state index in [2.05, 4.69) is 5.32 Å². The highest BCUT2D eigenvalue weighted by Gasteiger charge is 2.16. The number of amides is 1. The van der Waals surface area contributed by atoms with E-state index >= 15 is 0 Å². The monoisotopic (exact) mass is 374 g/mol. The number of halogens is 1. The number of fused-ring (bicyclic) bond motifs is 1. The molecular weight excluding hydrogens is 364 g/mol. The third kappa shape index (κ3) is 3.98. The Hall–Kier alpha value is -3.39. The molecule has 0 bridgehead atoms. The highest BCUT2D eigenvalue weighted by molar-refractivity contribution is 6.31. The average molecular weight is 375 g/mol. The van der Waals surface area contributed by atoms with Crippen LogP contribution in [0.2, 0.25) is 5.02 Å². The zero-order chi connectivity index (χ0) is 18.7. The molecule has 0 radical (unpaired) electrons. The fourth-order valence-electron chi connectivity index (χ4n) is 2.18. The van der Waals surface area contributed by atoms with Crippen LogP contribution in [-0.4, -0.2) is 23.4 Å². The number of carbonyl (C=O) groups excluding carboxylic acids is 2. The van der Waals surface area contributed by atoms with E-state index < -0.39 is 23.4 Å². The van der Waals surface area contributed by atoms with Crippen LogP contribution in [0.25, 0.3) is 11.0 Å². The predicted molar refractivity (Wildman–Crippen MR) is 93.2 cm³/mol. The second-order valence-corrected chi connectivity index (χ2v) is 5.66. The van der Waals surface area contributed by atoms with Crippen molar-refractivity contribution >= 4 is 45.8 Å². The average Bonchev–Trinajstić information content (AvgIpc) is 3.03. The molecule has 3 rings (SSSR count). The summed E-state index contributed by atoms with van der Waals surface area (Å²) in [5, 5.41) is 14.2. The highest BCUT2D eigenvalue weighted by Crippen LogP contribution is 2.23. The zero-order valence-corrected chi connectivity index (χ0v) is 13.9. The molecule has 0 saturated carbocycles. The molecule has 8 nitrogen and oxygen atoms in total. The minimum absolute atomic E-state index is 0.0506. The molecule has 0 aliphatic heterocycles. The van der Waals surface area contributed by atoms with E-state index in [9.17, 15) is 19.7 Å². The number of benzene rings is 2. The minimum Gasteiger partial charge on any atom is -0.450 e. The topological polar surface area (TPSA) is 112 Å². The maximum absolute atomic E-state index is 12.0. The van der Waals surface area contributed by atoms with Gasteiger partial charge in [-0.1, -0.05) is 11.6 Å². The SMILES string of the molecule is O=C(COC(=O)c1cc2cc(Cl)ccc2o1)Nc1ccc([N+](=O)[O-])cc1. The van der Waals surface area contributed by atoms with E-state index in [1.54, 1.807) is 18.2 Å². The molecule has 0 aliphatic rings. The van der Waals surface area contributed by atoms with Crippen molar-refractivity contribution in [1.29, 1.82) is 0 Å². The summed E-state index contributed by atoms with van der Waals surface area (Å²) in [6, 6.07) is 11.6. The van der Waals surface area contributed by atoms with Crippen LogP contribution in [0.4, 0.5) is 11.4 Å². The Morgan fingerprint density at radius 3 is 2.58 bits per heavy atom. The van der Waals surface area contributed by atoms with Gasteiger partial charge in [0.2, 0.25) is 5.76 Å². The largest absolute Gasteiger partial charge is 0.450 e. The Kier molecular flexibility index (Phi) is 4.85. The van der Waals surface area contributed by atoms with E-state index in [0.29, 0.717) is 21.7 Å². The van der Waals surface area contributed by atoms with Gasteiger partial charge in [-0.3, -0.25) is 14.9 Å². The Morgan fingerprint density at radius 2 is 1.88 bits per heavy atom. The third-order valence-electron chi connectivity index (χ3n) is 3.38. The molecule has 2 aromatic carbocycles. The Labute approximate surface area is 151 Å². The van der Waals surface area contributed by atoms with Crippen molar-refractivity contribution in [3.8, 4) is 0 Å². The number of anilines is 1. The molecule has 1 heterocycles. The van der Waals surface area contributed by atoms with Crippen molar-refractivity contribution in [3.63, 3.8) is 0 Å². The van der Waals surface area contributed by atoms with Gasteiger partial charge in [-0.25, -0.2) is 4.79 Å². The van der Waals surface area contributed by atoms with Crippen molar-refractivity contribution in [2.45, 2.75) is 0 Å². The molecule has 0 fully saturated rings. The molecule has 26 heavy (non-hydrogen) atoms. The summed E-state index contributed by atoms with van der Waals surface area (Å²) in [5.41, 5.74) is 0.714. The standard InChI is InChI=1S/C17H11ClN2O6/c18-11-1-6-14-10(7-11)8-15(26-14)17(22)25-9-16(21)19-12-2-4-13(5-3-12)20(23)24/h1-8H,9H2,(H,19,21). The first-order chi connectivity index (χ1) is 12.4. The number of esters is 1. The lowest BCUT2D eigenvalue weighted by Crippen LogP contribution is -2.20. The normalized spacial score (nSPS) is 10.5. The number of furan rings is 1. The third-order valence-corrected chi connectivity index (χ3v) is 3.61. The van der Waals surface area contributed by atoms with E-state index in [1.165, 1.54) is 30.3 Å². The van der Waals surface area contributed by atoms with Crippen LogP contribution in [-0.2, 0) is 9.53 Å². The molecule has 0 unspecified atom stereocenters. The number of nitro benzene ring substituents is 1. The van der Waals surface area contributed by atoms with Crippen molar-refractivity contribution in [2.24, 2.45) is 0 Å². The van der Waals surface area contributed by atoms with Gasteiger partial charge in [0.1, 0.15) is 5.58 Å². The van der Waals surface area contributed by atoms with E-state index in [0.717, 1.165) is 0 Å². The van der Waals surface area contributed by atoms with Gasteiger partial charge in [-0.05, 0) is 36.4 Å². The molecule has 132 valence electrons. The number of ether oxygens (including phenoxy) is 1. The summed E-state index contributed by atoms with van der Waals surface area (Å²) in [6.07, 6.45) is 0. The molecule has 3 aromatic rings. The number of nitro groups is 1. The maximum atomic E-state index is 12.0. The molecule has 1 aromatic heterocycles. The van der Waals surface area contributed by atoms with Crippen molar-refractivity contribution in [2.75, 3.05) is 11.9 Å². The number of carbonyl (C=O) groups is 2. The molecule has 0 aliphatic carbocycles. The van der Waals surface area contributed by atoms with Gasteiger partial charge < -0.3 is 14.5 Å². The van der Waals surface area contributed by atoms with E-state index in [1.807, 2.05) is 0 Å². The van der Waals surface area contributed by atoms with Crippen molar-refractivity contribution < 1.29 is 23.7 Å². The molecule has 1 amide bonds. The lowest BCUT2D eigenvalue weighted by Gasteiger charge is -2.05. The summed E-state index contributed by atoms with van der Waals surface area (Å²) < 4.78 is 10.2. The molecule has 0 spiro atoms. The molecule has 1 N–H and O–H groups in total. The summed E-state index contributed by atoms with van der Waals surface area (Å²) in [7, 11) is 0. The van der Waals surface area contributed by atoms with Gasteiger partial charge in [0, 0.05) is 28.2 Å². The lowest BCUT2D eigenvalue weighted by molar-refractivity contribution is -0.384. The summed E-state index contributed by atoms with van der Waals surface area (Å²) in [5.74, 6) is -1.44. The Balaban J connectivity index is 1.57. The summed E-state index contributed by atoms with van der Waals surface area (Å²) in [6.45, 7) is -0.534. The van der Waals surface area contributed by atoms with Crippen LogP contribution < -0.4 is 5.32 Å². The second kappa shape index (κ2) is 7.24. The Morgan fingerprint density at radius 1 is 1.15 bits per heavy atom. The first-order valence-corrected chi connectivity index (χ1v) is 7.71. The number of nitrogens with one attached hydrogen (secondary N) is 1. The number of rotatable bonds is 5. The van der Waals surface area contributed by atoms with Crippen LogP contribution in [0.1, 0.15) is 10.6 Å². The van der Waals surface area contributed by atoms with Crippen LogP contribution in [0.15, 0.2) is 52.9 Å². The van der Waals surface area contributed by atoms with Gasteiger partial charge in [-0.15, -0.1) is 0 Å². The first-order valence-electron chi connectivity index (χ1n) is 7.33. The van der Waals surface area contributed by atoms with Crippen LogP contribution in [0.5, 0.6) is 0 Å². The number of non-ortho nitro benzene ring substituents is 1. The highest BCUT2D eigenvalue weighted by atomic mass is 35.5. The zero-order valence-electron chi connectivity index (χ0n) is 13.1. The predicted octanol–water partition coefficient (Wildman–Crippen LogP) is 3.79. The van der Waals surface area contributed by atoms with Gasteiger partial charge >= 0.3 is 5.97 Å². The van der Waals surface area contributed by atoms with Crippen LogP contribution >= 0.6 is 11.6 Å². The van der Waals surface area contributed by atoms with Crippen LogP contribution in [0.3, 0.4) is 0 Å². The fraction of sp³-hybridized carbons (Fsp3) is 0.0588. The quantitative estimate of drug-likeness (QED) is 0.413. The van der Waals surface area contributed by atoms with Gasteiger partial charge in [0.15, 0.2) is 6.61 Å². The molecule has 0 saturated heterocycles. The Bertz CT molecular complexity index is 996. The summed E-state index contributed by atoms with van der Waals surface area (Å²) >= 11 is 5.87. The van der Waals surface area contributed by atoms with Gasteiger partial charge in [-0.2, -0.15) is 0 Å². The van der Waals surface area contributed by atoms with Crippen molar-refractivity contribution in [3.05, 3.63) is 69.4 Å². The number of nitrogens with zero attached hydrogens (tertiary/aromatic N) is 1. The minimum atomic E-state index is -0.795. The smallest absolute Gasteiger partial charge is 0.374 e. The van der Waals surface area contributed by atoms with E-state index in [4.69, 9.17) is 20.8 Å². The van der Waals surface area contributed by atoms with Gasteiger partial charge in [0.05, 0.1) is 4.92 Å². The molecular formula is C17H11ClN2O6. The lowest BCUT2D eigenvalue weighted by atomic mass is 10.2. The second-order valence-electron chi connectivity index (χ2n) is 5.22. The number of hydrogen-bond donors (Lipinski definition) is 1. The summed E-state index contributed by atoms with van der Waals surface area (Å²) in [4.78, 5) is 33.8.